The third-order valence-electron chi connectivity index (χ3n) is 5.08. The third-order valence-corrected chi connectivity index (χ3v) is 5.08. The predicted molar refractivity (Wildman–Crippen MR) is 98.1 cm³/mol. The highest BCUT2D eigenvalue weighted by Gasteiger charge is 2.31. The first-order chi connectivity index (χ1) is 12.5. The van der Waals surface area contributed by atoms with Gasteiger partial charge in [0.1, 0.15) is 17.7 Å². The Bertz CT molecular complexity index is 964. The molecule has 1 atom stereocenters. The maximum atomic E-state index is 13.3. The molecule has 1 aliphatic heterocycles. The van der Waals surface area contributed by atoms with E-state index < -0.39 is 6.04 Å². The molecule has 3 aromatic rings. The number of amides is 1. The van der Waals surface area contributed by atoms with Gasteiger partial charge < -0.3 is 10.3 Å². The van der Waals surface area contributed by atoms with Crippen LogP contribution < -0.4 is 5.32 Å². The molecule has 0 spiro atoms. The van der Waals surface area contributed by atoms with Gasteiger partial charge in [-0.3, -0.25) is 9.69 Å². The van der Waals surface area contributed by atoms with Crippen molar-refractivity contribution in [1.82, 2.24) is 20.2 Å². The van der Waals surface area contributed by atoms with E-state index in [1.54, 1.807) is 12.1 Å². The van der Waals surface area contributed by atoms with Gasteiger partial charge >= 0.3 is 0 Å². The number of H-pyrrole nitrogens is 1. The number of nitrogens with zero attached hydrogens (tertiary/aromatic N) is 2. The summed E-state index contributed by atoms with van der Waals surface area (Å²) in [6.07, 6.45) is 0. The van der Waals surface area contributed by atoms with Crippen molar-refractivity contribution in [3.8, 4) is 0 Å². The molecule has 134 valence electrons. The Balaban J connectivity index is 1.65. The lowest BCUT2D eigenvalue weighted by molar-refractivity contribution is -0.129. The molecule has 1 saturated heterocycles. The summed E-state index contributed by atoms with van der Waals surface area (Å²) in [5, 5.41) is 2.90. The minimum Gasteiger partial charge on any atom is -0.353 e. The fourth-order valence-electron chi connectivity index (χ4n) is 3.52. The molecule has 2 aromatic carbocycles. The van der Waals surface area contributed by atoms with Crippen molar-refractivity contribution in [2.24, 2.45) is 0 Å². The second-order valence-electron chi connectivity index (χ2n) is 6.80. The van der Waals surface area contributed by atoms with E-state index in [9.17, 15) is 9.18 Å². The number of imidazole rings is 1. The van der Waals surface area contributed by atoms with E-state index in [1.807, 2.05) is 6.07 Å². The van der Waals surface area contributed by atoms with E-state index in [1.165, 1.54) is 17.7 Å². The molecule has 0 aliphatic carbocycles. The topological polar surface area (TPSA) is 61.0 Å². The van der Waals surface area contributed by atoms with Crippen molar-refractivity contribution < 1.29 is 9.18 Å². The molecule has 0 saturated carbocycles. The van der Waals surface area contributed by atoms with Gasteiger partial charge in [-0.1, -0.05) is 18.2 Å². The summed E-state index contributed by atoms with van der Waals surface area (Å²) in [6.45, 7) is 5.97. The summed E-state index contributed by atoms with van der Waals surface area (Å²) in [7, 11) is 0. The van der Waals surface area contributed by atoms with E-state index in [4.69, 9.17) is 4.98 Å². The molecule has 0 radical (unpaired) electrons. The minimum absolute atomic E-state index is 0.0639. The molecule has 1 aliphatic rings. The van der Waals surface area contributed by atoms with Gasteiger partial charge in [0.2, 0.25) is 5.91 Å². The zero-order valence-electron chi connectivity index (χ0n) is 14.8. The lowest BCUT2D eigenvalue weighted by atomic mass is 10.0. The zero-order valence-corrected chi connectivity index (χ0v) is 14.8. The van der Waals surface area contributed by atoms with Crippen LogP contribution in [0.5, 0.6) is 0 Å². The fourth-order valence-corrected chi connectivity index (χ4v) is 3.52. The number of hydrogen-bond donors (Lipinski definition) is 2. The second kappa shape index (κ2) is 6.53. The van der Waals surface area contributed by atoms with Crippen LogP contribution in [0.3, 0.4) is 0 Å². The Kier molecular flexibility index (Phi) is 4.20. The third kappa shape index (κ3) is 2.97. The molecule has 4 rings (SSSR count). The molecular weight excluding hydrogens is 331 g/mol. The predicted octanol–water partition coefficient (Wildman–Crippen LogP) is 2.99. The summed E-state index contributed by atoms with van der Waals surface area (Å²) < 4.78 is 13.3. The van der Waals surface area contributed by atoms with Crippen LogP contribution in [0.4, 0.5) is 4.39 Å². The quantitative estimate of drug-likeness (QED) is 0.762. The second-order valence-corrected chi connectivity index (χ2v) is 6.80. The number of piperazine rings is 1. The lowest BCUT2D eigenvalue weighted by Crippen LogP contribution is -2.49. The van der Waals surface area contributed by atoms with Crippen molar-refractivity contribution in [3.63, 3.8) is 0 Å². The van der Waals surface area contributed by atoms with Gasteiger partial charge in [0.25, 0.3) is 0 Å². The van der Waals surface area contributed by atoms with Crippen LogP contribution in [-0.4, -0.2) is 33.9 Å². The van der Waals surface area contributed by atoms with Crippen molar-refractivity contribution in [2.75, 3.05) is 13.1 Å². The largest absolute Gasteiger partial charge is 0.353 e. The Morgan fingerprint density at radius 2 is 1.96 bits per heavy atom. The molecule has 1 fully saturated rings. The highest BCUT2D eigenvalue weighted by atomic mass is 19.1. The van der Waals surface area contributed by atoms with Crippen LogP contribution in [-0.2, 0) is 11.3 Å². The summed E-state index contributed by atoms with van der Waals surface area (Å²) >= 11 is 0. The summed E-state index contributed by atoms with van der Waals surface area (Å²) in [5.41, 5.74) is 5.13. The number of fused-ring (bicyclic) bond motifs is 1. The molecule has 6 heteroatoms. The maximum Gasteiger partial charge on any atom is 0.242 e. The SMILES string of the molecule is Cc1ccc2[nH]c(CN3CCNC(=O)C3c3ccc(F)cc3)nc2c1C. The number of halogens is 1. The Morgan fingerprint density at radius 3 is 2.73 bits per heavy atom. The number of nitrogens with one attached hydrogen (secondary N) is 2. The van der Waals surface area contributed by atoms with Gasteiger partial charge in [-0.2, -0.15) is 0 Å². The first-order valence-corrected chi connectivity index (χ1v) is 8.75. The van der Waals surface area contributed by atoms with Gasteiger partial charge in [-0.25, -0.2) is 9.37 Å². The summed E-state index contributed by atoms with van der Waals surface area (Å²) in [6, 6.07) is 9.80. The van der Waals surface area contributed by atoms with E-state index >= 15 is 0 Å². The average Bonchev–Trinajstić information content (AvgIpc) is 3.03. The zero-order chi connectivity index (χ0) is 18.3. The van der Waals surface area contributed by atoms with E-state index in [0.717, 1.165) is 28.0 Å². The van der Waals surface area contributed by atoms with Crippen molar-refractivity contribution in [3.05, 3.63) is 64.7 Å². The molecule has 2 N–H and O–H groups in total. The van der Waals surface area contributed by atoms with Gasteiger partial charge in [-0.05, 0) is 48.7 Å². The normalized spacial score (nSPS) is 18.3. The van der Waals surface area contributed by atoms with Gasteiger partial charge in [0.15, 0.2) is 0 Å². The van der Waals surface area contributed by atoms with Gasteiger partial charge in [0, 0.05) is 13.1 Å². The van der Waals surface area contributed by atoms with Gasteiger partial charge in [0.05, 0.1) is 17.6 Å². The number of hydrogen-bond acceptors (Lipinski definition) is 3. The van der Waals surface area contributed by atoms with Crippen LogP contribution in [0.1, 0.15) is 28.6 Å². The Hall–Kier alpha value is -2.73. The lowest BCUT2D eigenvalue weighted by Gasteiger charge is -2.34. The number of carbonyl (C=O) groups excluding carboxylic acids is 1. The van der Waals surface area contributed by atoms with Crippen LogP contribution in [0.15, 0.2) is 36.4 Å². The summed E-state index contributed by atoms with van der Waals surface area (Å²) in [4.78, 5) is 22.7. The number of carbonyl (C=O) groups is 1. The molecule has 1 amide bonds. The maximum absolute atomic E-state index is 13.3. The highest BCUT2D eigenvalue weighted by Crippen LogP contribution is 2.26. The molecule has 1 aromatic heterocycles. The number of aromatic amines is 1. The Labute approximate surface area is 151 Å². The first kappa shape index (κ1) is 16.7. The standard InChI is InChI=1S/C20H21FN4O/c1-12-3-8-16-18(13(12)2)24-17(23-16)11-25-10-9-22-20(26)19(25)14-4-6-15(21)7-5-14/h3-8,19H,9-11H2,1-2H3,(H,22,26)(H,23,24). The number of benzene rings is 2. The average molecular weight is 352 g/mol. The monoisotopic (exact) mass is 352 g/mol. The number of aryl methyl sites for hydroxylation is 2. The summed E-state index contributed by atoms with van der Waals surface area (Å²) in [5.74, 6) is 0.459. The minimum atomic E-state index is -0.444. The van der Waals surface area contributed by atoms with E-state index in [2.05, 4.69) is 35.1 Å². The number of aromatic nitrogens is 2. The van der Waals surface area contributed by atoms with Gasteiger partial charge in [-0.15, -0.1) is 0 Å². The van der Waals surface area contributed by atoms with Crippen LogP contribution >= 0.6 is 0 Å². The van der Waals surface area contributed by atoms with E-state index in [0.29, 0.717) is 19.6 Å². The van der Waals surface area contributed by atoms with Crippen LogP contribution in [0, 0.1) is 19.7 Å². The molecular formula is C20H21FN4O. The number of rotatable bonds is 3. The molecule has 26 heavy (non-hydrogen) atoms. The first-order valence-electron chi connectivity index (χ1n) is 8.75. The Morgan fingerprint density at radius 1 is 1.19 bits per heavy atom. The smallest absolute Gasteiger partial charge is 0.242 e. The highest BCUT2D eigenvalue weighted by molar-refractivity contribution is 5.84. The van der Waals surface area contributed by atoms with Crippen LogP contribution in [0.2, 0.25) is 0 Å². The van der Waals surface area contributed by atoms with Crippen molar-refractivity contribution in [2.45, 2.75) is 26.4 Å². The van der Waals surface area contributed by atoms with Crippen molar-refractivity contribution >= 4 is 16.9 Å². The fraction of sp³-hybridized carbons (Fsp3) is 0.300. The van der Waals surface area contributed by atoms with Crippen LogP contribution in [0.25, 0.3) is 11.0 Å². The molecule has 5 nitrogen and oxygen atoms in total. The molecule has 0 bridgehead atoms. The van der Waals surface area contributed by atoms with Crippen molar-refractivity contribution in [1.29, 1.82) is 0 Å². The van der Waals surface area contributed by atoms with E-state index in [-0.39, 0.29) is 11.7 Å². The molecule has 1 unspecified atom stereocenters. The molecule has 2 heterocycles.